The van der Waals surface area contributed by atoms with Gasteiger partial charge in [0, 0.05) is 0 Å². The van der Waals surface area contributed by atoms with Crippen LogP contribution < -0.4 is 15.2 Å². The molecule has 1 rings (SSSR count). The van der Waals surface area contributed by atoms with Crippen LogP contribution in [0.2, 0.25) is 0 Å². The fourth-order valence-corrected chi connectivity index (χ4v) is 3.03. The SMILES string of the molecule is COC(=O)OC(C)[C@H](C)OC(=O)[C@@H](N)Cc1ccc(OC(=O)CC(C)(C)C)c(OC(=O)CC(C)(C)C)c1. The summed E-state index contributed by atoms with van der Waals surface area (Å²) in [5.74, 6) is -1.51. The second-order valence-corrected chi connectivity index (χ2v) is 11.4. The van der Waals surface area contributed by atoms with Gasteiger partial charge in [-0.15, -0.1) is 0 Å². The summed E-state index contributed by atoms with van der Waals surface area (Å²) in [5, 5.41) is 0. The van der Waals surface area contributed by atoms with Crippen LogP contribution in [0.5, 0.6) is 11.5 Å². The number of nitrogens with two attached hydrogens (primary N) is 1. The minimum absolute atomic E-state index is 0.0534. The van der Waals surface area contributed by atoms with Crippen LogP contribution in [0.1, 0.15) is 73.8 Å². The summed E-state index contributed by atoms with van der Waals surface area (Å²) >= 11 is 0. The van der Waals surface area contributed by atoms with Gasteiger partial charge in [-0.05, 0) is 48.8 Å². The third kappa shape index (κ3) is 12.6. The third-order valence-corrected chi connectivity index (χ3v) is 4.98. The van der Waals surface area contributed by atoms with E-state index < -0.39 is 42.3 Å². The number of ether oxygens (including phenoxy) is 5. The Morgan fingerprint density at radius 3 is 1.78 bits per heavy atom. The Labute approximate surface area is 219 Å². The fraction of sp³-hybridized carbons (Fsp3) is 0.630. The fourth-order valence-electron chi connectivity index (χ4n) is 3.03. The third-order valence-electron chi connectivity index (χ3n) is 4.98. The van der Waals surface area contributed by atoms with E-state index in [1.54, 1.807) is 19.9 Å². The van der Waals surface area contributed by atoms with Crippen molar-refractivity contribution in [2.75, 3.05) is 7.11 Å². The van der Waals surface area contributed by atoms with Crippen LogP contribution in [-0.4, -0.2) is 49.4 Å². The topological polar surface area (TPSA) is 140 Å². The molecule has 0 radical (unpaired) electrons. The van der Waals surface area contributed by atoms with Crippen LogP contribution >= 0.6 is 0 Å². The first-order valence-corrected chi connectivity index (χ1v) is 12.1. The molecular formula is C27H41NO9. The number of methoxy groups -OCH3 is 1. The highest BCUT2D eigenvalue weighted by molar-refractivity contribution is 5.78. The Balaban J connectivity index is 3.02. The lowest BCUT2D eigenvalue weighted by Gasteiger charge is -2.22. The minimum atomic E-state index is -1.06. The Morgan fingerprint density at radius 2 is 1.30 bits per heavy atom. The molecule has 0 bridgehead atoms. The first-order valence-electron chi connectivity index (χ1n) is 12.1. The number of esters is 3. The molecule has 0 spiro atoms. The highest BCUT2D eigenvalue weighted by Crippen LogP contribution is 2.32. The van der Waals surface area contributed by atoms with Gasteiger partial charge in [-0.25, -0.2) is 4.79 Å². The van der Waals surface area contributed by atoms with Crippen molar-refractivity contribution >= 4 is 24.1 Å². The van der Waals surface area contributed by atoms with Crippen molar-refractivity contribution in [2.24, 2.45) is 16.6 Å². The molecule has 2 N–H and O–H groups in total. The number of hydrogen-bond donors (Lipinski definition) is 1. The number of rotatable bonds is 10. The van der Waals surface area contributed by atoms with Gasteiger partial charge in [-0.1, -0.05) is 47.6 Å². The molecule has 37 heavy (non-hydrogen) atoms. The zero-order chi connectivity index (χ0) is 28.6. The molecule has 1 aromatic rings. The van der Waals surface area contributed by atoms with Crippen LogP contribution in [0.4, 0.5) is 4.79 Å². The van der Waals surface area contributed by atoms with Gasteiger partial charge in [0.15, 0.2) is 11.5 Å². The molecule has 0 aromatic heterocycles. The highest BCUT2D eigenvalue weighted by atomic mass is 16.7. The van der Waals surface area contributed by atoms with Crippen LogP contribution in [0.3, 0.4) is 0 Å². The maximum absolute atomic E-state index is 12.5. The maximum atomic E-state index is 12.5. The van der Waals surface area contributed by atoms with E-state index in [9.17, 15) is 19.2 Å². The second-order valence-electron chi connectivity index (χ2n) is 11.4. The molecule has 0 heterocycles. The standard InChI is InChI=1S/C27H41NO9/c1-16(17(2)35-25(32)33-9)34-24(31)19(28)12-18-10-11-20(36-22(29)14-26(3,4)5)21(13-18)37-23(30)15-27(6,7)8/h10-11,13,16-17,19H,12,14-15,28H2,1-9H3/t16-,17?,19-/m0/s1. The van der Waals surface area contributed by atoms with Crippen molar-refractivity contribution in [3.8, 4) is 11.5 Å². The summed E-state index contributed by atoms with van der Waals surface area (Å²) in [6, 6.07) is 3.59. The smallest absolute Gasteiger partial charge is 0.458 e. The molecule has 0 saturated heterocycles. The summed E-state index contributed by atoms with van der Waals surface area (Å²) in [6.07, 6.45) is -2.05. The molecule has 0 aliphatic carbocycles. The average Bonchev–Trinajstić information content (AvgIpc) is 2.72. The van der Waals surface area contributed by atoms with Crippen molar-refractivity contribution < 1.29 is 42.9 Å². The average molecular weight is 524 g/mol. The summed E-state index contributed by atoms with van der Waals surface area (Å²) in [4.78, 5) is 48.7. The molecule has 0 aliphatic rings. The second kappa shape index (κ2) is 13.4. The van der Waals surface area contributed by atoms with Gasteiger partial charge in [0.25, 0.3) is 0 Å². The monoisotopic (exact) mass is 523 g/mol. The Kier molecular flexibility index (Phi) is 11.6. The Hall–Kier alpha value is -3.14. The van der Waals surface area contributed by atoms with Crippen molar-refractivity contribution in [3.05, 3.63) is 23.8 Å². The molecule has 1 aromatic carbocycles. The summed E-state index contributed by atoms with van der Waals surface area (Å²) in [6.45, 7) is 14.5. The minimum Gasteiger partial charge on any atom is -0.458 e. The lowest BCUT2D eigenvalue weighted by Crippen LogP contribution is -2.39. The largest absolute Gasteiger partial charge is 0.508 e. The molecule has 0 amide bonds. The first-order chi connectivity index (χ1) is 16.9. The number of hydrogen-bond acceptors (Lipinski definition) is 10. The first kappa shape index (κ1) is 31.9. The van der Waals surface area contributed by atoms with E-state index in [1.165, 1.54) is 19.2 Å². The summed E-state index contributed by atoms with van der Waals surface area (Å²) in [7, 11) is 1.17. The van der Waals surface area contributed by atoms with E-state index in [0.717, 1.165) is 0 Å². The summed E-state index contributed by atoms with van der Waals surface area (Å²) < 4.78 is 25.7. The lowest BCUT2D eigenvalue weighted by atomic mass is 9.92. The molecule has 208 valence electrons. The van der Waals surface area contributed by atoms with Crippen LogP contribution in [-0.2, 0) is 35.0 Å². The maximum Gasteiger partial charge on any atom is 0.508 e. The Bertz CT molecular complexity index is 960. The van der Waals surface area contributed by atoms with E-state index in [0.29, 0.717) is 5.56 Å². The zero-order valence-electron chi connectivity index (χ0n) is 23.3. The van der Waals surface area contributed by atoms with Gasteiger partial charge >= 0.3 is 24.1 Å². The normalized spacial score (nSPS) is 14.1. The highest BCUT2D eigenvalue weighted by Gasteiger charge is 2.26. The van der Waals surface area contributed by atoms with Crippen LogP contribution in [0.25, 0.3) is 0 Å². The van der Waals surface area contributed by atoms with E-state index in [-0.39, 0.29) is 41.6 Å². The van der Waals surface area contributed by atoms with Crippen molar-refractivity contribution in [1.82, 2.24) is 0 Å². The lowest BCUT2D eigenvalue weighted by molar-refractivity contribution is -0.155. The number of benzene rings is 1. The molecule has 0 fully saturated rings. The van der Waals surface area contributed by atoms with Crippen molar-refractivity contribution in [3.63, 3.8) is 0 Å². The molecule has 0 saturated carbocycles. The molecule has 10 nitrogen and oxygen atoms in total. The van der Waals surface area contributed by atoms with Gasteiger partial charge in [0.05, 0.1) is 20.0 Å². The van der Waals surface area contributed by atoms with E-state index in [4.69, 9.17) is 24.7 Å². The van der Waals surface area contributed by atoms with Crippen molar-refractivity contribution in [2.45, 2.75) is 92.9 Å². The predicted molar refractivity (Wildman–Crippen MR) is 136 cm³/mol. The van der Waals surface area contributed by atoms with Gasteiger partial charge in [0.2, 0.25) is 0 Å². The van der Waals surface area contributed by atoms with Crippen molar-refractivity contribution in [1.29, 1.82) is 0 Å². The van der Waals surface area contributed by atoms with Crippen LogP contribution in [0.15, 0.2) is 18.2 Å². The van der Waals surface area contributed by atoms with E-state index in [1.807, 2.05) is 41.5 Å². The van der Waals surface area contributed by atoms with Gasteiger partial charge in [-0.3, -0.25) is 14.4 Å². The summed E-state index contributed by atoms with van der Waals surface area (Å²) in [5.41, 5.74) is 6.01. The molecule has 0 aliphatic heterocycles. The van der Waals surface area contributed by atoms with Gasteiger partial charge < -0.3 is 29.4 Å². The number of carbonyl (C=O) groups excluding carboxylic acids is 4. The van der Waals surface area contributed by atoms with E-state index in [2.05, 4.69) is 4.74 Å². The van der Waals surface area contributed by atoms with E-state index >= 15 is 0 Å². The quantitative estimate of drug-likeness (QED) is 0.348. The molecular weight excluding hydrogens is 482 g/mol. The molecule has 10 heteroatoms. The number of carbonyl (C=O) groups is 4. The molecule has 1 unspecified atom stereocenters. The zero-order valence-corrected chi connectivity index (χ0v) is 23.3. The van der Waals surface area contributed by atoms with Gasteiger partial charge in [-0.2, -0.15) is 0 Å². The predicted octanol–water partition coefficient (Wildman–Crippen LogP) is 4.34. The van der Waals surface area contributed by atoms with Gasteiger partial charge in [0.1, 0.15) is 18.2 Å². The Morgan fingerprint density at radius 1 is 0.811 bits per heavy atom. The van der Waals surface area contributed by atoms with Crippen LogP contribution in [0, 0.1) is 10.8 Å². The molecule has 3 atom stereocenters.